The Bertz CT molecular complexity index is 815. The second kappa shape index (κ2) is 6.57. The Hall–Kier alpha value is -2.74. The Morgan fingerprint density at radius 3 is 2.48 bits per heavy atom. The average molecular weight is 374 g/mol. The second-order valence-corrected chi connectivity index (χ2v) is 5.75. The van der Waals surface area contributed by atoms with Crippen molar-refractivity contribution in [1.82, 2.24) is 14.8 Å². The van der Waals surface area contributed by atoms with Gasteiger partial charge in [-0.05, 0) is 29.8 Å². The number of benzene rings is 2. The van der Waals surface area contributed by atoms with E-state index in [0.717, 1.165) is 10.0 Å². The van der Waals surface area contributed by atoms with Crippen LogP contribution in [0, 0.1) is 10.1 Å². The zero-order chi connectivity index (χ0) is 16.2. The number of anilines is 2. The zero-order valence-electron chi connectivity index (χ0n) is 11.9. The summed E-state index contributed by atoms with van der Waals surface area (Å²) in [5.41, 5.74) is 1.87. The molecule has 0 unspecified atom stereocenters. The van der Waals surface area contributed by atoms with Crippen LogP contribution in [-0.4, -0.2) is 19.7 Å². The van der Waals surface area contributed by atoms with Crippen molar-refractivity contribution in [1.29, 1.82) is 0 Å². The first-order valence-corrected chi connectivity index (χ1v) is 7.55. The van der Waals surface area contributed by atoms with Crippen LogP contribution < -0.4 is 5.32 Å². The molecule has 1 heterocycles. The van der Waals surface area contributed by atoms with E-state index in [1.807, 2.05) is 28.8 Å². The number of aromatic nitrogens is 3. The molecule has 0 atom stereocenters. The van der Waals surface area contributed by atoms with Crippen molar-refractivity contribution in [3.63, 3.8) is 0 Å². The number of non-ortho nitro benzene ring substituents is 1. The van der Waals surface area contributed by atoms with E-state index in [2.05, 4.69) is 31.4 Å². The van der Waals surface area contributed by atoms with Crippen LogP contribution >= 0.6 is 15.9 Å². The van der Waals surface area contributed by atoms with Gasteiger partial charge in [0.2, 0.25) is 5.95 Å². The summed E-state index contributed by atoms with van der Waals surface area (Å²) >= 11 is 3.41. The van der Waals surface area contributed by atoms with Gasteiger partial charge in [-0.2, -0.15) is 0 Å². The van der Waals surface area contributed by atoms with Gasteiger partial charge in [-0.3, -0.25) is 14.7 Å². The maximum absolute atomic E-state index is 10.7. The van der Waals surface area contributed by atoms with Crippen molar-refractivity contribution in [2.45, 2.75) is 6.54 Å². The molecule has 23 heavy (non-hydrogen) atoms. The number of hydrogen-bond acceptors (Lipinski definition) is 5. The maximum Gasteiger partial charge on any atom is 0.269 e. The van der Waals surface area contributed by atoms with E-state index in [4.69, 9.17) is 0 Å². The van der Waals surface area contributed by atoms with Crippen molar-refractivity contribution in [2.24, 2.45) is 0 Å². The lowest BCUT2D eigenvalue weighted by Gasteiger charge is -2.09. The monoisotopic (exact) mass is 373 g/mol. The lowest BCUT2D eigenvalue weighted by molar-refractivity contribution is -0.384. The summed E-state index contributed by atoms with van der Waals surface area (Å²) in [4.78, 5) is 10.2. The fourth-order valence-electron chi connectivity index (χ4n) is 2.05. The van der Waals surface area contributed by atoms with Crippen LogP contribution in [0.15, 0.2) is 59.3 Å². The van der Waals surface area contributed by atoms with Gasteiger partial charge >= 0.3 is 0 Å². The molecular weight excluding hydrogens is 362 g/mol. The summed E-state index contributed by atoms with van der Waals surface area (Å²) in [5, 5.41) is 21.7. The highest BCUT2D eigenvalue weighted by atomic mass is 79.9. The van der Waals surface area contributed by atoms with Crippen LogP contribution in [-0.2, 0) is 6.54 Å². The lowest BCUT2D eigenvalue weighted by atomic mass is 10.2. The van der Waals surface area contributed by atoms with Crippen molar-refractivity contribution in [3.05, 3.63) is 75.0 Å². The van der Waals surface area contributed by atoms with E-state index in [1.54, 1.807) is 18.5 Å². The summed E-state index contributed by atoms with van der Waals surface area (Å²) in [6, 6.07) is 14.1. The molecular formula is C15H12BrN5O2. The van der Waals surface area contributed by atoms with Gasteiger partial charge in [0.1, 0.15) is 6.33 Å². The molecule has 3 rings (SSSR count). The number of nitro benzene ring substituents is 1. The summed E-state index contributed by atoms with van der Waals surface area (Å²) in [6.07, 6.45) is 1.63. The molecule has 3 aromatic rings. The summed E-state index contributed by atoms with van der Waals surface area (Å²) in [5.74, 6) is 0.571. The second-order valence-electron chi connectivity index (χ2n) is 4.84. The van der Waals surface area contributed by atoms with Gasteiger partial charge in [-0.1, -0.05) is 28.1 Å². The van der Waals surface area contributed by atoms with Crippen molar-refractivity contribution < 1.29 is 4.92 Å². The van der Waals surface area contributed by atoms with Gasteiger partial charge < -0.3 is 5.32 Å². The van der Waals surface area contributed by atoms with Gasteiger partial charge in [0.25, 0.3) is 5.69 Å². The van der Waals surface area contributed by atoms with Crippen molar-refractivity contribution >= 4 is 33.3 Å². The summed E-state index contributed by atoms with van der Waals surface area (Å²) < 4.78 is 2.89. The predicted octanol–water partition coefficient (Wildman–Crippen LogP) is 3.74. The molecule has 1 aromatic heterocycles. The third-order valence-corrected chi connectivity index (χ3v) is 3.74. The molecule has 7 nitrogen and oxygen atoms in total. The van der Waals surface area contributed by atoms with Gasteiger partial charge in [0.05, 0.1) is 11.5 Å². The Balaban J connectivity index is 1.75. The molecule has 8 heteroatoms. The topological polar surface area (TPSA) is 85.9 Å². The first kappa shape index (κ1) is 15.2. The highest BCUT2D eigenvalue weighted by Crippen LogP contribution is 2.19. The molecule has 0 aliphatic rings. The SMILES string of the molecule is O=[N+]([O-])c1ccc(Nc2nncn2Cc2ccc(Br)cc2)cc1. The number of rotatable bonds is 5. The Morgan fingerprint density at radius 1 is 1.13 bits per heavy atom. The number of halogens is 1. The predicted molar refractivity (Wildman–Crippen MR) is 89.6 cm³/mol. The molecule has 2 aromatic carbocycles. The fourth-order valence-corrected chi connectivity index (χ4v) is 2.31. The van der Waals surface area contributed by atoms with Crippen LogP contribution in [0.3, 0.4) is 0 Å². The fraction of sp³-hybridized carbons (Fsp3) is 0.0667. The zero-order valence-corrected chi connectivity index (χ0v) is 13.5. The first-order valence-electron chi connectivity index (χ1n) is 6.75. The molecule has 0 bridgehead atoms. The van der Waals surface area contributed by atoms with E-state index in [0.29, 0.717) is 18.2 Å². The number of hydrogen-bond donors (Lipinski definition) is 1. The third kappa shape index (κ3) is 3.72. The maximum atomic E-state index is 10.7. The van der Waals surface area contributed by atoms with Gasteiger partial charge in [0.15, 0.2) is 0 Å². The largest absolute Gasteiger partial charge is 0.324 e. The smallest absolute Gasteiger partial charge is 0.269 e. The van der Waals surface area contributed by atoms with E-state index < -0.39 is 4.92 Å². The molecule has 0 radical (unpaired) electrons. The van der Waals surface area contributed by atoms with Crippen molar-refractivity contribution in [3.8, 4) is 0 Å². The van der Waals surface area contributed by atoms with Crippen LogP contribution in [0.4, 0.5) is 17.3 Å². The molecule has 0 aliphatic heterocycles. The number of nitro groups is 1. The van der Waals surface area contributed by atoms with Gasteiger partial charge in [0, 0.05) is 22.3 Å². The molecule has 1 N–H and O–H groups in total. The molecule has 0 amide bonds. The average Bonchev–Trinajstić information content (AvgIpc) is 2.97. The third-order valence-electron chi connectivity index (χ3n) is 3.22. The van der Waals surface area contributed by atoms with Crippen LogP contribution in [0.2, 0.25) is 0 Å². The highest BCUT2D eigenvalue weighted by molar-refractivity contribution is 9.10. The minimum Gasteiger partial charge on any atom is -0.324 e. The molecule has 0 aliphatic carbocycles. The quantitative estimate of drug-likeness (QED) is 0.543. The Morgan fingerprint density at radius 2 is 1.83 bits per heavy atom. The van der Waals surface area contributed by atoms with E-state index in [-0.39, 0.29) is 5.69 Å². The molecule has 0 fully saturated rings. The lowest BCUT2D eigenvalue weighted by Crippen LogP contribution is -2.04. The van der Waals surface area contributed by atoms with Crippen LogP contribution in [0.5, 0.6) is 0 Å². The standard InChI is InChI=1S/C15H12BrN5O2/c16-12-3-1-11(2-4-12)9-20-10-17-19-15(20)18-13-5-7-14(8-6-13)21(22)23/h1-8,10H,9H2,(H,18,19). The van der Waals surface area contributed by atoms with E-state index in [1.165, 1.54) is 12.1 Å². The summed E-state index contributed by atoms with van der Waals surface area (Å²) in [7, 11) is 0. The molecule has 116 valence electrons. The molecule has 0 saturated heterocycles. The summed E-state index contributed by atoms with van der Waals surface area (Å²) in [6.45, 7) is 0.621. The highest BCUT2D eigenvalue weighted by Gasteiger charge is 2.08. The molecule has 0 spiro atoms. The van der Waals surface area contributed by atoms with Crippen LogP contribution in [0.1, 0.15) is 5.56 Å². The molecule has 0 saturated carbocycles. The van der Waals surface area contributed by atoms with E-state index >= 15 is 0 Å². The number of nitrogens with zero attached hydrogens (tertiary/aromatic N) is 4. The van der Waals surface area contributed by atoms with Gasteiger partial charge in [-0.25, -0.2) is 0 Å². The first-order chi connectivity index (χ1) is 11.1. The van der Waals surface area contributed by atoms with E-state index in [9.17, 15) is 10.1 Å². The minimum atomic E-state index is -0.431. The van der Waals surface area contributed by atoms with Crippen molar-refractivity contribution in [2.75, 3.05) is 5.32 Å². The minimum absolute atomic E-state index is 0.0480. The van der Waals surface area contributed by atoms with Gasteiger partial charge in [-0.15, -0.1) is 10.2 Å². The Kier molecular flexibility index (Phi) is 4.33. The van der Waals surface area contributed by atoms with Crippen LogP contribution in [0.25, 0.3) is 0 Å². The Labute approximate surface area is 140 Å². The normalized spacial score (nSPS) is 10.5. The number of nitrogens with one attached hydrogen (secondary N) is 1.